The molecule has 3 nitrogen and oxygen atoms in total. The molecule has 0 aromatic rings. The predicted octanol–water partition coefficient (Wildman–Crippen LogP) is 3.71. The van der Waals surface area contributed by atoms with Crippen LogP contribution in [0.4, 0.5) is 0 Å². The van der Waals surface area contributed by atoms with E-state index in [2.05, 4.69) is 35.9 Å². The van der Waals surface area contributed by atoms with Gasteiger partial charge < -0.3 is 0 Å². The quantitative estimate of drug-likeness (QED) is 0.315. The molecule has 1 rings (SSSR count). The van der Waals surface area contributed by atoms with Crippen molar-refractivity contribution in [3.05, 3.63) is 46.4 Å². The Kier molecular flexibility index (Phi) is 5.87. The molecular formula is C14H15N3S2. The van der Waals surface area contributed by atoms with Gasteiger partial charge in [-0.2, -0.15) is 5.26 Å². The van der Waals surface area contributed by atoms with Crippen LogP contribution in [0.15, 0.2) is 50.8 Å². The molecule has 1 aliphatic rings. The van der Waals surface area contributed by atoms with Crippen LogP contribution in [0.1, 0.15) is 13.8 Å². The molecule has 1 N–H and O–H groups in total. The molecule has 98 valence electrons. The third-order valence-corrected chi connectivity index (χ3v) is 2.85. The molecule has 0 radical (unpaired) electrons. The molecule has 0 bridgehead atoms. The van der Waals surface area contributed by atoms with Crippen LogP contribution < -0.4 is 0 Å². The molecule has 0 atom stereocenters. The molecule has 0 fully saturated rings. The number of hydrogen-bond acceptors (Lipinski definition) is 5. The molecule has 0 aromatic carbocycles. The van der Waals surface area contributed by atoms with Gasteiger partial charge in [0.2, 0.25) is 0 Å². The van der Waals surface area contributed by atoms with Crippen LogP contribution in [0.25, 0.3) is 0 Å². The van der Waals surface area contributed by atoms with Gasteiger partial charge in [-0.25, -0.2) is 4.40 Å². The smallest absolute Gasteiger partial charge is 0.0999 e. The van der Waals surface area contributed by atoms with Gasteiger partial charge >= 0.3 is 0 Å². The van der Waals surface area contributed by atoms with Crippen LogP contribution in [0, 0.1) is 22.7 Å². The van der Waals surface area contributed by atoms with E-state index >= 15 is 0 Å². The maximum Gasteiger partial charge on any atom is 0.0999 e. The topological polar surface area (TPSA) is 60.0 Å². The highest BCUT2D eigenvalue weighted by Gasteiger charge is 2.17. The van der Waals surface area contributed by atoms with Crippen LogP contribution in [-0.4, -0.2) is 11.4 Å². The van der Waals surface area contributed by atoms with E-state index in [9.17, 15) is 5.26 Å². The molecular weight excluding hydrogens is 274 g/mol. The van der Waals surface area contributed by atoms with Crippen molar-refractivity contribution < 1.29 is 0 Å². The van der Waals surface area contributed by atoms with Gasteiger partial charge in [-0.1, -0.05) is 32.1 Å². The maximum absolute atomic E-state index is 9.24. The van der Waals surface area contributed by atoms with E-state index in [1.807, 2.05) is 19.9 Å². The number of thiol groups is 2. The van der Waals surface area contributed by atoms with E-state index in [1.54, 1.807) is 24.3 Å². The fraction of sp³-hybridized carbons (Fsp3) is 0.214. The van der Waals surface area contributed by atoms with E-state index in [4.69, 9.17) is 5.41 Å². The average Bonchev–Trinajstić information content (AvgIpc) is 2.35. The standard InChI is InChI=1S/C14H15N3S2/c1-9(2)6-11(18)7-10(8-15)12-4-3-5-13(17-19)14(12)16/h3-7,9,16,18-19H,1-2H3/b10-7+,11-6-,16-14?,17-13-. The summed E-state index contributed by atoms with van der Waals surface area (Å²) >= 11 is 8.15. The molecule has 1 aliphatic carbocycles. The Morgan fingerprint density at radius 1 is 1.53 bits per heavy atom. The van der Waals surface area contributed by atoms with Crippen LogP contribution in [-0.2, 0) is 0 Å². The van der Waals surface area contributed by atoms with Crippen molar-refractivity contribution >= 4 is 36.9 Å². The zero-order chi connectivity index (χ0) is 14.4. The van der Waals surface area contributed by atoms with Crippen molar-refractivity contribution in [2.75, 3.05) is 0 Å². The summed E-state index contributed by atoms with van der Waals surface area (Å²) in [5.74, 6) is 0.345. The lowest BCUT2D eigenvalue weighted by atomic mass is 9.94. The van der Waals surface area contributed by atoms with E-state index in [1.165, 1.54) is 0 Å². The third kappa shape index (κ3) is 4.27. The number of allylic oxidation sites excluding steroid dienone is 7. The van der Waals surface area contributed by atoms with Gasteiger partial charge in [-0.05, 0) is 30.9 Å². The molecule has 0 aromatic heterocycles. The van der Waals surface area contributed by atoms with Gasteiger partial charge in [-0.15, -0.1) is 12.6 Å². The Morgan fingerprint density at radius 2 is 2.21 bits per heavy atom. The van der Waals surface area contributed by atoms with Crippen molar-refractivity contribution in [3.63, 3.8) is 0 Å². The lowest BCUT2D eigenvalue weighted by Crippen LogP contribution is -2.16. The van der Waals surface area contributed by atoms with Crippen molar-refractivity contribution in [2.24, 2.45) is 10.3 Å². The van der Waals surface area contributed by atoms with Gasteiger partial charge in [0, 0.05) is 10.5 Å². The molecule has 0 saturated carbocycles. The molecule has 5 heteroatoms. The minimum atomic E-state index is 0.191. The van der Waals surface area contributed by atoms with Gasteiger partial charge in [-0.3, -0.25) is 5.41 Å². The summed E-state index contributed by atoms with van der Waals surface area (Å²) in [4.78, 5) is 0.708. The van der Waals surface area contributed by atoms with Gasteiger partial charge in [0.15, 0.2) is 0 Å². The maximum atomic E-state index is 9.24. The Hall–Kier alpha value is -1.51. The zero-order valence-corrected chi connectivity index (χ0v) is 12.5. The number of hydrogen-bond donors (Lipinski definition) is 3. The highest BCUT2D eigenvalue weighted by atomic mass is 32.1. The van der Waals surface area contributed by atoms with Crippen LogP contribution in [0.2, 0.25) is 0 Å². The Balaban J connectivity index is 3.16. The fourth-order valence-corrected chi connectivity index (χ4v) is 2.15. The summed E-state index contributed by atoms with van der Waals surface area (Å²) in [5.41, 5.74) is 1.55. The minimum Gasteiger partial charge on any atom is -0.298 e. The second kappa shape index (κ2) is 7.17. The first kappa shape index (κ1) is 15.5. The molecule has 0 unspecified atom stereocenters. The summed E-state index contributed by atoms with van der Waals surface area (Å²) in [6, 6.07) is 2.10. The van der Waals surface area contributed by atoms with Crippen molar-refractivity contribution in [2.45, 2.75) is 13.8 Å². The SMILES string of the molecule is CC(C)/C=C(S)/C=C(\C#N)C1=CC=C/C(=N/S)C1=N. The molecule has 0 heterocycles. The summed E-state index contributed by atoms with van der Waals surface area (Å²) in [7, 11) is 0. The molecule has 0 amide bonds. The highest BCUT2D eigenvalue weighted by Crippen LogP contribution is 2.20. The number of nitriles is 1. The molecule has 0 aliphatic heterocycles. The van der Waals surface area contributed by atoms with Gasteiger partial charge in [0.25, 0.3) is 0 Å². The molecule has 0 saturated heterocycles. The van der Waals surface area contributed by atoms with Crippen molar-refractivity contribution in [1.29, 1.82) is 10.7 Å². The highest BCUT2D eigenvalue weighted by molar-refractivity contribution is 7.84. The minimum absolute atomic E-state index is 0.191. The van der Waals surface area contributed by atoms with Crippen molar-refractivity contribution in [1.82, 2.24) is 0 Å². The van der Waals surface area contributed by atoms with Gasteiger partial charge in [0.1, 0.15) is 0 Å². The third-order valence-electron chi connectivity index (χ3n) is 2.36. The Bertz CT molecular complexity index is 570. The summed E-state index contributed by atoms with van der Waals surface area (Å²) < 4.78 is 3.71. The first-order valence-corrected chi connectivity index (χ1v) is 6.57. The number of rotatable bonds is 3. The second-order valence-corrected chi connectivity index (χ2v) is 5.02. The lowest BCUT2D eigenvalue weighted by Gasteiger charge is -2.11. The Labute approximate surface area is 124 Å². The normalized spacial score (nSPS) is 18.8. The first-order valence-electron chi connectivity index (χ1n) is 5.72. The van der Waals surface area contributed by atoms with Gasteiger partial charge in [0.05, 0.1) is 23.1 Å². The second-order valence-electron chi connectivity index (χ2n) is 4.31. The van der Waals surface area contributed by atoms with Crippen LogP contribution in [0.3, 0.4) is 0 Å². The van der Waals surface area contributed by atoms with Crippen molar-refractivity contribution in [3.8, 4) is 6.07 Å². The average molecular weight is 289 g/mol. The largest absolute Gasteiger partial charge is 0.298 e. The summed E-state index contributed by atoms with van der Waals surface area (Å²) in [6.45, 7) is 4.07. The van der Waals surface area contributed by atoms with E-state index in [0.29, 0.717) is 27.7 Å². The van der Waals surface area contributed by atoms with Crippen LogP contribution in [0.5, 0.6) is 0 Å². The number of nitrogens with one attached hydrogen (secondary N) is 1. The predicted molar refractivity (Wildman–Crippen MR) is 87.0 cm³/mol. The fourth-order valence-electron chi connectivity index (χ4n) is 1.56. The first-order chi connectivity index (χ1) is 8.99. The monoisotopic (exact) mass is 289 g/mol. The number of nitrogens with zero attached hydrogens (tertiary/aromatic N) is 2. The Morgan fingerprint density at radius 3 is 2.74 bits per heavy atom. The van der Waals surface area contributed by atoms with E-state index in [0.717, 1.165) is 0 Å². The zero-order valence-electron chi connectivity index (χ0n) is 10.8. The lowest BCUT2D eigenvalue weighted by molar-refractivity contribution is 0.830. The molecule has 19 heavy (non-hydrogen) atoms. The van der Waals surface area contributed by atoms with E-state index in [-0.39, 0.29) is 5.71 Å². The van der Waals surface area contributed by atoms with Crippen LogP contribution >= 0.6 is 25.4 Å². The molecule has 0 spiro atoms. The van der Waals surface area contributed by atoms with E-state index < -0.39 is 0 Å². The summed E-state index contributed by atoms with van der Waals surface area (Å²) in [6.07, 6.45) is 8.75. The summed E-state index contributed by atoms with van der Waals surface area (Å²) in [5, 5.41) is 17.2.